The zero-order valence-electron chi connectivity index (χ0n) is 10.7. The second-order valence-electron chi connectivity index (χ2n) is 4.63. The van der Waals surface area contributed by atoms with Gasteiger partial charge in [0.15, 0.2) is 11.6 Å². The second kappa shape index (κ2) is 4.87. The molecule has 0 aliphatic heterocycles. The van der Waals surface area contributed by atoms with Gasteiger partial charge in [0.25, 0.3) is 0 Å². The Kier molecular flexibility index (Phi) is 3.18. The van der Waals surface area contributed by atoms with E-state index in [4.69, 9.17) is 4.74 Å². The molecule has 0 fully saturated rings. The predicted molar refractivity (Wildman–Crippen MR) is 78.5 cm³/mol. The van der Waals surface area contributed by atoms with Crippen LogP contribution in [0.2, 0.25) is 0 Å². The van der Waals surface area contributed by atoms with Gasteiger partial charge >= 0.3 is 0 Å². The Morgan fingerprint density at radius 3 is 2.50 bits per heavy atom. The fraction of sp³-hybridized carbons (Fsp3) is 0.125. The van der Waals surface area contributed by atoms with E-state index in [2.05, 4.69) is 15.9 Å². The number of halogens is 1. The number of rotatable bonds is 2. The molecule has 3 rings (SSSR count). The summed E-state index contributed by atoms with van der Waals surface area (Å²) < 4.78 is 5.95. The second-order valence-corrected chi connectivity index (χ2v) is 5.54. The van der Waals surface area contributed by atoms with Crippen molar-refractivity contribution >= 4 is 27.5 Å². The first-order valence-electron chi connectivity index (χ1n) is 6.14. The van der Waals surface area contributed by atoms with Gasteiger partial charge < -0.3 is 4.74 Å². The molecular weight excluding hydrogens is 320 g/mol. The zero-order chi connectivity index (χ0) is 14.3. The molecule has 0 amide bonds. The highest BCUT2D eigenvalue weighted by molar-refractivity contribution is 9.10. The van der Waals surface area contributed by atoms with Gasteiger partial charge in [0.1, 0.15) is 11.7 Å². The van der Waals surface area contributed by atoms with Crippen LogP contribution >= 0.6 is 15.9 Å². The maximum absolute atomic E-state index is 12.5. The minimum absolute atomic E-state index is 0.147. The molecule has 0 aromatic heterocycles. The van der Waals surface area contributed by atoms with Crippen LogP contribution in [0.5, 0.6) is 5.75 Å². The summed E-state index contributed by atoms with van der Waals surface area (Å²) in [7, 11) is 1.56. The van der Waals surface area contributed by atoms with Crippen molar-refractivity contribution in [1.29, 1.82) is 0 Å². The fourth-order valence-corrected chi connectivity index (χ4v) is 2.85. The lowest BCUT2D eigenvalue weighted by Gasteiger charge is -2.08. The third kappa shape index (κ3) is 1.96. The topological polar surface area (TPSA) is 43.4 Å². The first-order chi connectivity index (χ1) is 9.61. The van der Waals surface area contributed by atoms with Crippen LogP contribution in [0.1, 0.15) is 32.2 Å². The van der Waals surface area contributed by atoms with Crippen molar-refractivity contribution in [2.75, 3.05) is 7.11 Å². The Morgan fingerprint density at radius 2 is 1.75 bits per heavy atom. The molecule has 100 valence electrons. The van der Waals surface area contributed by atoms with Gasteiger partial charge in [0.2, 0.25) is 0 Å². The summed E-state index contributed by atoms with van der Waals surface area (Å²) >= 11 is 3.33. The largest absolute Gasteiger partial charge is 0.497 e. The summed E-state index contributed by atoms with van der Waals surface area (Å²) in [5, 5.41) is 0. The summed E-state index contributed by atoms with van der Waals surface area (Å²) in [6.07, 6.45) is 0. The van der Waals surface area contributed by atoms with Crippen molar-refractivity contribution in [3.8, 4) is 5.75 Å². The predicted octanol–water partition coefficient (Wildman–Crippen LogP) is 3.62. The lowest BCUT2D eigenvalue weighted by Crippen LogP contribution is -2.12. The number of ketones is 2. The average Bonchev–Trinajstić information content (AvgIpc) is 2.70. The summed E-state index contributed by atoms with van der Waals surface area (Å²) in [5.74, 6) is -0.417. The van der Waals surface area contributed by atoms with E-state index >= 15 is 0 Å². The first-order valence-corrected chi connectivity index (χ1v) is 6.93. The molecule has 1 atom stereocenters. The van der Waals surface area contributed by atoms with Crippen molar-refractivity contribution in [3.05, 3.63) is 63.6 Å². The van der Waals surface area contributed by atoms with Gasteiger partial charge in [-0.25, -0.2) is 0 Å². The maximum Gasteiger partial charge on any atom is 0.178 e. The number of benzene rings is 2. The molecule has 0 radical (unpaired) electrons. The van der Waals surface area contributed by atoms with Crippen LogP contribution in [0.4, 0.5) is 0 Å². The van der Waals surface area contributed by atoms with Crippen LogP contribution in [0.15, 0.2) is 46.9 Å². The number of hydrogen-bond donors (Lipinski definition) is 0. The summed E-state index contributed by atoms with van der Waals surface area (Å²) in [6.45, 7) is 0. The standard InChI is InChI=1S/C16H11BrO3/c1-20-11-4-2-3-9(7-11)14-15(18)12-6-5-10(17)8-13(12)16(14)19/h2-8,14H,1H3. The van der Waals surface area contributed by atoms with E-state index in [1.165, 1.54) is 0 Å². The van der Waals surface area contributed by atoms with E-state index in [0.717, 1.165) is 4.47 Å². The van der Waals surface area contributed by atoms with Crippen LogP contribution < -0.4 is 4.74 Å². The Bertz CT molecular complexity index is 721. The number of hydrogen-bond acceptors (Lipinski definition) is 3. The number of carbonyl (C=O) groups is 2. The van der Waals surface area contributed by atoms with E-state index < -0.39 is 5.92 Å². The lowest BCUT2D eigenvalue weighted by molar-refractivity contribution is 0.0890. The minimum atomic E-state index is -0.755. The lowest BCUT2D eigenvalue weighted by atomic mass is 9.94. The monoisotopic (exact) mass is 330 g/mol. The van der Waals surface area contributed by atoms with Crippen LogP contribution in [-0.4, -0.2) is 18.7 Å². The molecule has 0 spiro atoms. The molecule has 0 bridgehead atoms. The third-order valence-electron chi connectivity index (χ3n) is 3.46. The zero-order valence-corrected chi connectivity index (χ0v) is 12.3. The van der Waals surface area contributed by atoms with Gasteiger partial charge in [0, 0.05) is 15.6 Å². The molecule has 4 heteroatoms. The highest BCUT2D eigenvalue weighted by atomic mass is 79.9. The number of methoxy groups -OCH3 is 1. The van der Waals surface area contributed by atoms with Crippen molar-refractivity contribution in [3.63, 3.8) is 0 Å². The molecular formula is C16H11BrO3. The Balaban J connectivity index is 2.09. The van der Waals surface area contributed by atoms with Crippen LogP contribution in [0.25, 0.3) is 0 Å². The highest BCUT2D eigenvalue weighted by Crippen LogP contribution is 2.36. The summed E-state index contributed by atoms with van der Waals surface area (Å²) in [6, 6.07) is 12.3. The van der Waals surface area contributed by atoms with Crippen molar-refractivity contribution in [1.82, 2.24) is 0 Å². The van der Waals surface area contributed by atoms with Gasteiger partial charge in [-0.1, -0.05) is 28.1 Å². The number of ether oxygens (including phenoxy) is 1. The number of carbonyl (C=O) groups excluding carboxylic acids is 2. The maximum atomic E-state index is 12.5. The van der Waals surface area contributed by atoms with Crippen LogP contribution in [-0.2, 0) is 0 Å². The van der Waals surface area contributed by atoms with Crippen molar-refractivity contribution in [2.24, 2.45) is 0 Å². The van der Waals surface area contributed by atoms with E-state index in [0.29, 0.717) is 22.4 Å². The summed E-state index contributed by atoms with van der Waals surface area (Å²) in [5.41, 5.74) is 1.65. The smallest absolute Gasteiger partial charge is 0.178 e. The van der Waals surface area contributed by atoms with E-state index in [1.807, 2.05) is 0 Å². The minimum Gasteiger partial charge on any atom is -0.497 e. The van der Waals surface area contributed by atoms with Crippen LogP contribution in [0, 0.1) is 0 Å². The van der Waals surface area contributed by atoms with Gasteiger partial charge in [0.05, 0.1) is 7.11 Å². The molecule has 3 nitrogen and oxygen atoms in total. The third-order valence-corrected chi connectivity index (χ3v) is 3.96. The van der Waals surface area contributed by atoms with Crippen molar-refractivity contribution in [2.45, 2.75) is 5.92 Å². The molecule has 2 aromatic carbocycles. The number of fused-ring (bicyclic) bond motifs is 1. The molecule has 0 saturated carbocycles. The Morgan fingerprint density at radius 1 is 1.00 bits per heavy atom. The van der Waals surface area contributed by atoms with Gasteiger partial charge in [-0.05, 0) is 35.9 Å². The van der Waals surface area contributed by atoms with E-state index in [9.17, 15) is 9.59 Å². The molecule has 1 unspecified atom stereocenters. The molecule has 1 aliphatic rings. The van der Waals surface area contributed by atoms with E-state index in [1.54, 1.807) is 49.6 Å². The number of Topliss-reactive ketones (excluding diaryl/α,β-unsaturated/α-hetero) is 2. The average molecular weight is 331 g/mol. The normalized spacial score (nSPS) is 17.2. The van der Waals surface area contributed by atoms with Gasteiger partial charge in [-0.15, -0.1) is 0 Å². The molecule has 0 saturated heterocycles. The fourth-order valence-electron chi connectivity index (χ4n) is 2.49. The van der Waals surface area contributed by atoms with Gasteiger partial charge in [-0.3, -0.25) is 9.59 Å². The van der Waals surface area contributed by atoms with Crippen molar-refractivity contribution < 1.29 is 14.3 Å². The van der Waals surface area contributed by atoms with Crippen LogP contribution in [0.3, 0.4) is 0 Å². The molecule has 0 N–H and O–H groups in total. The molecule has 0 heterocycles. The Hall–Kier alpha value is -1.94. The quantitative estimate of drug-likeness (QED) is 0.790. The Labute approximate surface area is 124 Å². The highest BCUT2D eigenvalue weighted by Gasteiger charge is 2.39. The molecule has 2 aromatic rings. The molecule has 1 aliphatic carbocycles. The molecule has 20 heavy (non-hydrogen) atoms. The first kappa shape index (κ1) is 13.1. The SMILES string of the molecule is COc1cccc(C2C(=O)c3ccc(Br)cc3C2=O)c1. The summed E-state index contributed by atoms with van der Waals surface area (Å²) in [4.78, 5) is 24.9. The van der Waals surface area contributed by atoms with E-state index in [-0.39, 0.29) is 11.6 Å². The van der Waals surface area contributed by atoms with Gasteiger partial charge in [-0.2, -0.15) is 0 Å².